The van der Waals surface area contributed by atoms with Crippen LogP contribution in [0.5, 0.6) is 0 Å². The van der Waals surface area contributed by atoms with Crippen molar-refractivity contribution in [1.82, 2.24) is 0 Å². The van der Waals surface area contributed by atoms with Crippen molar-refractivity contribution in [2.24, 2.45) is 0 Å². The van der Waals surface area contributed by atoms with E-state index in [-0.39, 0.29) is 23.2 Å². The average molecular weight is 329 g/mol. The van der Waals surface area contributed by atoms with E-state index < -0.39 is 5.82 Å². The number of halogens is 2. The van der Waals surface area contributed by atoms with Gasteiger partial charge in [0.15, 0.2) is 5.82 Å². The number of carbonyl (C=O) groups excluding carboxylic acids is 1. The van der Waals surface area contributed by atoms with Gasteiger partial charge in [0.05, 0.1) is 17.3 Å². The maximum absolute atomic E-state index is 13.8. The van der Waals surface area contributed by atoms with Gasteiger partial charge in [-0.1, -0.05) is 54.1 Å². The molecule has 0 unspecified atom stereocenters. The van der Waals surface area contributed by atoms with Crippen LogP contribution in [0.4, 0.5) is 15.8 Å². The Kier molecular flexibility index (Phi) is 4.44. The van der Waals surface area contributed by atoms with E-state index in [0.717, 1.165) is 16.5 Å². The smallest absolute Gasteiger partial charge is 0.243 e. The topological polar surface area (TPSA) is 41.1 Å². The molecule has 23 heavy (non-hydrogen) atoms. The standard InChI is InChI=1S/C18H14ClFN2O/c19-14-8-4-10-16(18(14)20)21-11-17(23)22-15-9-3-6-12-5-1-2-7-13(12)15/h1-10,21H,11H2,(H,22,23). The van der Waals surface area contributed by atoms with Gasteiger partial charge >= 0.3 is 0 Å². The maximum atomic E-state index is 13.8. The highest BCUT2D eigenvalue weighted by Gasteiger charge is 2.09. The van der Waals surface area contributed by atoms with E-state index in [2.05, 4.69) is 10.6 Å². The molecule has 0 aromatic heterocycles. The summed E-state index contributed by atoms with van der Waals surface area (Å²) >= 11 is 5.71. The number of carbonyl (C=O) groups is 1. The van der Waals surface area contributed by atoms with Gasteiger partial charge in [0.25, 0.3) is 0 Å². The van der Waals surface area contributed by atoms with E-state index in [1.54, 1.807) is 6.07 Å². The van der Waals surface area contributed by atoms with Crippen molar-refractivity contribution < 1.29 is 9.18 Å². The fraction of sp³-hybridized carbons (Fsp3) is 0.0556. The number of benzene rings is 3. The Morgan fingerprint density at radius 1 is 0.957 bits per heavy atom. The van der Waals surface area contributed by atoms with Crippen LogP contribution < -0.4 is 10.6 Å². The summed E-state index contributed by atoms with van der Waals surface area (Å²) in [5.74, 6) is -0.826. The third-order valence-electron chi connectivity index (χ3n) is 3.45. The Morgan fingerprint density at radius 2 is 1.65 bits per heavy atom. The molecule has 0 aliphatic carbocycles. The average Bonchev–Trinajstić information content (AvgIpc) is 2.56. The monoisotopic (exact) mass is 328 g/mol. The molecule has 0 aliphatic rings. The molecule has 3 aromatic carbocycles. The lowest BCUT2D eigenvalue weighted by molar-refractivity contribution is -0.114. The Labute approximate surface area is 138 Å². The second-order valence-electron chi connectivity index (χ2n) is 5.03. The van der Waals surface area contributed by atoms with Crippen molar-refractivity contribution in [3.05, 3.63) is 71.5 Å². The van der Waals surface area contributed by atoms with E-state index >= 15 is 0 Å². The largest absolute Gasteiger partial charge is 0.374 e. The van der Waals surface area contributed by atoms with Crippen LogP contribution in [0.1, 0.15) is 0 Å². The highest BCUT2D eigenvalue weighted by Crippen LogP contribution is 2.23. The van der Waals surface area contributed by atoms with E-state index in [0.29, 0.717) is 0 Å². The first-order chi connectivity index (χ1) is 11.1. The molecule has 1 amide bonds. The minimum Gasteiger partial charge on any atom is -0.374 e. The zero-order valence-electron chi connectivity index (χ0n) is 12.1. The van der Waals surface area contributed by atoms with Crippen LogP contribution in [-0.2, 0) is 4.79 Å². The van der Waals surface area contributed by atoms with Gasteiger partial charge in [0.1, 0.15) is 0 Å². The number of rotatable bonds is 4. The molecule has 5 heteroatoms. The minimum atomic E-state index is -0.563. The Bertz CT molecular complexity index is 861. The first-order valence-corrected chi connectivity index (χ1v) is 7.48. The van der Waals surface area contributed by atoms with Gasteiger partial charge < -0.3 is 10.6 Å². The van der Waals surface area contributed by atoms with E-state index in [1.165, 1.54) is 12.1 Å². The molecule has 3 aromatic rings. The van der Waals surface area contributed by atoms with Crippen LogP contribution in [0.3, 0.4) is 0 Å². The normalized spacial score (nSPS) is 10.5. The molecule has 0 heterocycles. The van der Waals surface area contributed by atoms with Crippen molar-refractivity contribution in [1.29, 1.82) is 0 Å². The SMILES string of the molecule is O=C(CNc1cccc(Cl)c1F)Nc1cccc2ccccc12. The van der Waals surface area contributed by atoms with Crippen LogP contribution in [0.25, 0.3) is 10.8 Å². The van der Waals surface area contributed by atoms with E-state index in [4.69, 9.17) is 11.6 Å². The summed E-state index contributed by atoms with van der Waals surface area (Å²) in [5.41, 5.74) is 0.923. The molecule has 0 radical (unpaired) electrons. The predicted molar refractivity (Wildman–Crippen MR) is 92.5 cm³/mol. The fourth-order valence-corrected chi connectivity index (χ4v) is 2.52. The van der Waals surface area contributed by atoms with Crippen molar-refractivity contribution in [3.63, 3.8) is 0 Å². The molecule has 0 fully saturated rings. The zero-order chi connectivity index (χ0) is 16.2. The van der Waals surface area contributed by atoms with Gasteiger partial charge in [0.2, 0.25) is 5.91 Å². The number of anilines is 2. The van der Waals surface area contributed by atoms with Crippen molar-refractivity contribution in [2.45, 2.75) is 0 Å². The number of hydrogen-bond acceptors (Lipinski definition) is 2. The summed E-state index contributed by atoms with van der Waals surface area (Å²) in [4.78, 5) is 12.1. The van der Waals surface area contributed by atoms with Gasteiger partial charge in [0, 0.05) is 11.1 Å². The van der Waals surface area contributed by atoms with Crippen molar-refractivity contribution in [2.75, 3.05) is 17.2 Å². The van der Waals surface area contributed by atoms with Crippen molar-refractivity contribution >= 4 is 39.7 Å². The molecule has 3 rings (SSSR count). The number of amides is 1. The summed E-state index contributed by atoms with van der Waals surface area (Å²) in [6, 6.07) is 18.1. The molecule has 2 N–H and O–H groups in total. The Morgan fingerprint density at radius 3 is 2.52 bits per heavy atom. The van der Waals surface area contributed by atoms with E-state index in [1.807, 2.05) is 42.5 Å². The van der Waals surface area contributed by atoms with Gasteiger partial charge in [-0.2, -0.15) is 0 Å². The summed E-state index contributed by atoms with van der Waals surface area (Å²) in [6.07, 6.45) is 0. The number of fused-ring (bicyclic) bond motifs is 1. The lowest BCUT2D eigenvalue weighted by atomic mass is 10.1. The fourth-order valence-electron chi connectivity index (χ4n) is 2.34. The molecular formula is C18H14ClFN2O. The maximum Gasteiger partial charge on any atom is 0.243 e. The molecular weight excluding hydrogens is 315 g/mol. The summed E-state index contributed by atoms with van der Waals surface area (Å²) in [5, 5.41) is 7.60. The molecule has 3 nitrogen and oxygen atoms in total. The first kappa shape index (κ1) is 15.3. The first-order valence-electron chi connectivity index (χ1n) is 7.10. The Hall–Kier alpha value is -2.59. The molecule has 116 valence electrons. The zero-order valence-corrected chi connectivity index (χ0v) is 12.9. The summed E-state index contributed by atoms with van der Waals surface area (Å²) in [6.45, 7) is -0.0551. The molecule has 0 atom stereocenters. The third kappa shape index (κ3) is 3.43. The van der Waals surface area contributed by atoms with Crippen LogP contribution in [0.2, 0.25) is 5.02 Å². The summed E-state index contributed by atoms with van der Waals surface area (Å²) in [7, 11) is 0. The van der Waals surface area contributed by atoms with Crippen LogP contribution >= 0.6 is 11.6 Å². The lowest BCUT2D eigenvalue weighted by Gasteiger charge is -2.11. The quantitative estimate of drug-likeness (QED) is 0.730. The van der Waals surface area contributed by atoms with Gasteiger partial charge in [-0.15, -0.1) is 0 Å². The minimum absolute atomic E-state index is 0.0180. The second-order valence-corrected chi connectivity index (χ2v) is 5.44. The predicted octanol–water partition coefficient (Wildman–Crippen LogP) is 4.68. The van der Waals surface area contributed by atoms with Crippen LogP contribution in [-0.4, -0.2) is 12.5 Å². The molecule has 0 aliphatic heterocycles. The lowest BCUT2D eigenvalue weighted by Crippen LogP contribution is -2.22. The van der Waals surface area contributed by atoms with Gasteiger partial charge in [-0.25, -0.2) is 4.39 Å². The Balaban J connectivity index is 1.71. The number of hydrogen-bond donors (Lipinski definition) is 2. The molecule has 0 spiro atoms. The highest BCUT2D eigenvalue weighted by atomic mass is 35.5. The molecule has 0 saturated heterocycles. The van der Waals surface area contributed by atoms with Crippen LogP contribution in [0.15, 0.2) is 60.7 Å². The van der Waals surface area contributed by atoms with Crippen molar-refractivity contribution in [3.8, 4) is 0 Å². The molecule has 0 bridgehead atoms. The summed E-state index contributed by atoms with van der Waals surface area (Å²) < 4.78 is 13.8. The molecule has 0 saturated carbocycles. The van der Waals surface area contributed by atoms with Gasteiger partial charge in [-0.3, -0.25) is 4.79 Å². The van der Waals surface area contributed by atoms with Gasteiger partial charge in [-0.05, 0) is 23.6 Å². The third-order valence-corrected chi connectivity index (χ3v) is 3.75. The highest BCUT2D eigenvalue weighted by molar-refractivity contribution is 6.31. The second kappa shape index (κ2) is 6.67. The van der Waals surface area contributed by atoms with E-state index in [9.17, 15) is 9.18 Å². The van der Waals surface area contributed by atoms with Crippen LogP contribution in [0, 0.1) is 5.82 Å². The number of nitrogens with one attached hydrogen (secondary N) is 2.